The molecule has 104 valence electrons. The standard InChI is InChI=1S/C12H17N3O4/c13-8(17)12(9(14)18)10(19)15-7(16)6-11(12)4-2-1-3-5-11/h1-6H2,(H2,13,17)(H2,14,18)(H,15,16,19). The average Bonchev–Trinajstić information content (AvgIpc) is 2.27. The molecule has 2 aliphatic rings. The molecule has 0 aromatic rings. The highest BCUT2D eigenvalue weighted by Gasteiger charge is 2.67. The van der Waals surface area contributed by atoms with Crippen LogP contribution in [0.1, 0.15) is 38.5 Å². The molecule has 1 aliphatic carbocycles. The van der Waals surface area contributed by atoms with Crippen LogP contribution in [0.4, 0.5) is 0 Å². The minimum Gasteiger partial charge on any atom is -0.368 e. The lowest BCUT2D eigenvalue weighted by Crippen LogP contribution is -2.70. The van der Waals surface area contributed by atoms with Gasteiger partial charge in [0.15, 0.2) is 0 Å². The summed E-state index contributed by atoms with van der Waals surface area (Å²) in [6.45, 7) is 0. The second-order valence-electron chi connectivity index (χ2n) is 5.37. The van der Waals surface area contributed by atoms with Crippen LogP contribution < -0.4 is 16.8 Å². The maximum absolute atomic E-state index is 12.1. The fourth-order valence-corrected chi connectivity index (χ4v) is 3.59. The highest BCUT2D eigenvalue weighted by atomic mass is 16.2. The molecule has 0 unspecified atom stereocenters. The third-order valence-corrected chi connectivity index (χ3v) is 4.44. The largest absolute Gasteiger partial charge is 0.368 e. The fraction of sp³-hybridized carbons (Fsp3) is 0.667. The van der Waals surface area contributed by atoms with Gasteiger partial charge in [0, 0.05) is 11.8 Å². The summed E-state index contributed by atoms with van der Waals surface area (Å²) < 4.78 is 0. The van der Waals surface area contributed by atoms with E-state index in [4.69, 9.17) is 11.5 Å². The minimum absolute atomic E-state index is 0.0649. The molecule has 7 heteroatoms. The van der Waals surface area contributed by atoms with Gasteiger partial charge < -0.3 is 11.5 Å². The molecule has 2 fully saturated rings. The summed E-state index contributed by atoms with van der Waals surface area (Å²) in [5.41, 5.74) is 7.50. The second kappa shape index (κ2) is 4.32. The molecule has 0 atom stereocenters. The van der Waals surface area contributed by atoms with E-state index in [1.54, 1.807) is 0 Å². The van der Waals surface area contributed by atoms with Crippen LogP contribution in [0.5, 0.6) is 0 Å². The van der Waals surface area contributed by atoms with Crippen LogP contribution in [0.2, 0.25) is 0 Å². The first-order chi connectivity index (χ1) is 8.87. The van der Waals surface area contributed by atoms with Gasteiger partial charge in [-0.15, -0.1) is 0 Å². The van der Waals surface area contributed by atoms with Crippen LogP contribution in [0.25, 0.3) is 0 Å². The molecular weight excluding hydrogens is 250 g/mol. The molecule has 1 saturated heterocycles. The topological polar surface area (TPSA) is 132 Å². The molecule has 0 aromatic carbocycles. The molecule has 7 nitrogen and oxygen atoms in total. The van der Waals surface area contributed by atoms with Gasteiger partial charge in [-0.05, 0) is 12.8 Å². The van der Waals surface area contributed by atoms with E-state index in [-0.39, 0.29) is 6.42 Å². The van der Waals surface area contributed by atoms with E-state index in [1.165, 1.54) is 0 Å². The van der Waals surface area contributed by atoms with Gasteiger partial charge >= 0.3 is 0 Å². The summed E-state index contributed by atoms with van der Waals surface area (Å²) in [4.78, 5) is 47.5. The molecule has 1 spiro atoms. The van der Waals surface area contributed by atoms with E-state index in [0.717, 1.165) is 19.3 Å². The summed E-state index contributed by atoms with van der Waals surface area (Å²) in [5, 5.41) is 2.02. The number of carbonyl (C=O) groups excluding carboxylic acids is 4. The van der Waals surface area contributed by atoms with Gasteiger partial charge in [-0.2, -0.15) is 0 Å². The molecule has 2 rings (SSSR count). The molecular formula is C12H17N3O4. The Labute approximate surface area is 110 Å². The van der Waals surface area contributed by atoms with Crippen molar-refractivity contribution >= 4 is 23.6 Å². The first-order valence-corrected chi connectivity index (χ1v) is 6.31. The number of piperidine rings is 1. The number of imide groups is 1. The molecule has 4 amide bonds. The summed E-state index contributed by atoms with van der Waals surface area (Å²) in [5.74, 6) is -3.57. The lowest BCUT2D eigenvalue weighted by atomic mass is 9.52. The fourth-order valence-electron chi connectivity index (χ4n) is 3.59. The van der Waals surface area contributed by atoms with Crippen LogP contribution in [-0.2, 0) is 19.2 Å². The van der Waals surface area contributed by atoms with Gasteiger partial charge in [-0.1, -0.05) is 19.3 Å². The van der Waals surface area contributed by atoms with Crippen LogP contribution >= 0.6 is 0 Å². The van der Waals surface area contributed by atoms with Crippen molar-refractivity contribution in [3.63, 3.8) is 0 Å². The van der Waals surface area contributed by atoms with Crippen LogP contribution in [0, 0.1) is 10.8 Å². The molecule has 1 aliphatic heterocycles. The maximum Gasteiger partial charge on any atom is 0.252 e. The Hall–Kier alpha value is -1.92. The predicted octanol–water partition coefficient (Wildman–Crippen LogP) is -1.06. The Kier molecular flexibility index (Phi) is 3.07. The quantitative estimate of drug-likeness (QED) is 0.434. The zero-order valence-electron chi connectivity index (χ0n) is 10.5. The second-order valence-corrected chi connectivity index (χ2v) is 5.37. The number of nitrogens with one attached hydrogen (secondary N) is 1. The number of hydrogen-bond acceptors (Lipinski definition) is 4. The molecule has 0 aromatic heterocycles. The van der Waals surface area contributed by atoms with Gasteiger partial charge in [-0.3, -0.25) is 24.5 Å². The number of carbonyl (C=O) groups is 4. The first-order valence-electron chi connectivity index (χ1n) is 6.31. The Bertz CT molecular complexity index is 452. The zero-order valence-corrected chi connectivity index (χ0v) is 10.5. The predicted molar refractivity (Wildman–Crippen MR) is 64.1 cm³/mol. The normalized spacial score (nSPS) is 24.8. The smallest absolute Gasteiger partial charge is 0.252 e. The van der Waals surface area contributed by atoms with Crippen molar-refractivity contribution in [2.45, 2.75) is 38.5 Å². The maximum atomic E-state index is 12.1. The highest BCUT2D eigenvalue weighted by molar-refractivity contribution is 6.26. The van der Waals surface area contributed by atoms with Gasteiger partial charge in [0.1, 0.15) is 0 Å². The first kappa shape index (κ1) is 13.5. The number of nitrogens with two attached hydrogens (primary N) is 2. The van der Waals surface area contributed by atoms with Gasteiger partial charge in [0.2, 0.25) is 23.1 Å². The molecule has 0 radical (unpaired) electrons. The summed E-state index contributed by atoms with van der Waals surface area (Å²) >= 11 is 0. The van der Waals surface area contributed by atoms with E-state index in [2.05, 4.69) is 0 Å². The number of hydrogen-bond donors (Lipinski definition) is 3. The summed E-state index contributed by atoms with van der Waals surface area (Å²) in [6, 6.07) is 0. The minimum atomic E-state index is -2.11. The van der Waals surface area contributed by atoms with Gasteiger partial charge in [-0.25, -0.2) is 0 Å². The Morgan fingerprint density at radius 1 is 1.00 bits per heavy atom. The summed E-state index contributed by atoms with van der Waals surface area (Å²) in [7, 11) is 0. The average molecular weight is 267 g/mol. The Morgan fingerprint density at radius 2 is 1.53 bits per heavy atom. The van der Waals surface area contributed by atoms with Gasteiger partial charge in [0.25, 0.3) is 5.91 Å². The van der Waals surface area contributed by atoms with Crippen LogP contribution in [0.15, 0.2) is 0 Å². The molecule has 5 N–H and O–H groups in total. The number of rotatable bonds is 2. The van der Waals surface area contributed by atoms with Crippen molar-refractivity contribution in [3.8, 4) is 0 Å². The van der Waals surface area contributed by atoms with E-state index in [0.29, 0.717) is 12.8 Å². The Morgan fingerprint density at radius 3 is 2.00 bits per heavy atom. The third-order valence-electron chi connectivity index (χ3n) is 4.44. The van der Waals surface area contributed by atoms with Crippen molar-refractivity contribution in [3.05, 3.63) is 0 Å². The molecule has 0 bridgehead atoms. The lowest BCUT2D eigenvalue weighted by molar-refractivity contribution is -0.169. The molecule has 1 heterocycles. The van der Waals surface area contributed by atoms with E-state index in [1.807, 2.05) is 5.32 Å². The number of amides is 4. The van der Waals surface area contributed by atoms with Gasteiger partial charge in [0.05, 0.1) is 0 Å². The summed E-state index contributed by atoms with van der Waals surface area (Å²) in [6.07, 6.45) is 3.21. The highest BCUT2D eigenvalue weighted by Crippen LogP contribution is 2.54. The monoisotopic (exact) mass is 267 g/mol. The van der Waals surface area contributed by atoms with E-state index in [9.17, 15) is 19.2 Å². The SMILES string of the molecule is NC(=O)C1(C(N)=O)C(=O)NC(=O)CC12CCCCC2. The molecule has 1 saturated carbocycles. The zero-order chi connectivity index (χ0) is 14.3. The van der Waals surface area contributed by atoms with Crippen LogP contribution in [0.3, 0.4) is 0 Å². The van der Waals surface area contributed by atoms with E-state index >= 15 is 0 Å². The number of primary amides is 2. The van der Waals surface area contributed by atoms with Crippen molar-refractivity contribution in [1.82, 2.24) is 5.32 Å². The van der Waals surface area contributed by atoms with Crippen molar-refractivity contribution in [2.24, 2.45) is 22.3 Å². The van der Waals surface area contributed by atoms with Crippen molar-refractivity contribution in [1.29, 1.82) is 0 Å². The molecule has 19 heavy (non-hydrogen) atoms. The van der Waals surface area contributed by atoms with Crippen molar-refractivity contribution in [2.75, 3.05) is 0 Å². The van der Waals surface area contributed by atoms with Crippen molar-refractivity contribution < 1.29 is 19.2 Å². The lowest BCUT2D eigenvalue weighted by Gasteiger charge is -2.49. The third kappa shape index (κ3) is 1.64. The van der Waals surface area contributed by atoms with E-state index < -0.39 is 34.5 Å². The van der Waals surface area contributed by atoms with Crippen LogP contribution in [-0.4, -0.2) is 23.6 Å². The Balaban J connectivity index is 2.62.